The zero-order chi connectivity index (χ0) is 16.8. The highest BCUT2D eigenvalue weighted by Gasteiger charge is 2.29. The monoisotopic (exact) mass is 349 g/mol. The van der Waals surface area contributed by atoms with Crippen LogP contribution in [0.25, 0.3) is 0 Å². The molecule has 1 saturated heterocycles. The van der Waals surface area contributed by atoms with Gasteiger partial charge in [0.25, 0.3) is 0 Å². The summed E-state index contributed by atoms with van der Waals surface area (Å²) in [6.45, 7) is 4.10. The maximum atomic E-state index is 12.5. The van der Waals surface area contributed by atoms with E-state index in [9.17, 15) is 4.79 Å². The molecule has 134 valence electrons. The number of nitrogens with one attached hydrogen (secondary N) is 1. The van der Waals surface area contributed by atoms with Crippen LogP contribution < -0.4 is 10.2 Å². The van der Waals surface area contributed by atoms with Gasteiger partial charge in [-0.1, -0.05) is 26.2 Å². The number of aromatic nitrogens is 1. The largest absolute Gasteiger partial charge is 0.354 e. The Hall–Kier alpha value is -1.10. The molecule has 2 fully saturated rings. The van der Waals surface area contributed by atoms with Crippen LogP contribution >= 0.6 is 11.3 Å². The normalized spacial score (nSPS) is 27.4. The lowest BCUT2D eigenvalue weighted by molar-refractivity contribution is -0.126. The van der Waals surface area contributed by atoms with Gasteiger partial charge in [-0.3, -0.25) is 4.79 Å². The minimum atomic E-state index is 0.248. The number of hydrogen-bond acceptors (Lipinski definition) is 4. The Morgan fingerprint density at radius 3 is 2.88 bits per heavy atom. The van der Waals surface area contributed by atoms with Crippen molar-refractivity contribution in [1.29, 1.82) is 0 Å². The van der Waals surface area contributed by atoms with E-state index in [0.717, 1.165) is 43.4 Å². The van der Waals surface area contributed by atoms with Crippen molar-refractivity contribution in [3.05, 3.63) is 11.6 Å². The smallest absolute Gasteiger partial charge is 0.223 e. The van der Waals surface area contributed by atoms with Crippen LogP contribution in [0.1, 0.15) is 64.7 Å². The van der Waals surface area contributed by atoms with Gasteiger partial charge in [0.05, 0.1) is 0 Å². The van der Waals surface area contributed by atoms with Gasteiger partial charge < -0.3 is 10.2 Å². The minimum absolute atomic E-state index is 0.248. The van der Waals surface area contributed by atoms with E-state index in [-0.39, 0.29) is 11.8 Å². The fourth-order valence-corrected chi connectivity index (χ4v) is 4.97. The molecule has 1 unspecified atom stereocenters. The second-order valence-corrected chi connectivity index (χ2v) is 8.28. The summed E-state index contributed by atoms with van der Waals surface area (Å²) in [7, 11) is 0. The van der Waals surface area contributed by atoms with Gasteiger partial charge in [0.1, 0.15) is 0 Å². The third kappa shape index (κ3) is 4.50. The second kappa shape index (κ2) is 8.84. The molecule has 1 saturated carbocycles. The van der Waals surface area contributed by atoms with Crippen LogP contribution in [0, 0.1) is 11.8 Å². The molecule has 0 aromatic carbocycles. The van der Waals surface area contributed by atoms with Gasteiger partial charge in [-0.25, -0.2) is 4.98 Å². The molecule has 24 heavy (non-hydrogen) atoms. The number of unbranched alkanes of at least 4 members (excludes halogenated alkanes) is 1. The lowest BCUT2D eigenvalue weighted by atomic mass is 9.79. The highest BCUT2D eigenvalue weighted by atomic mass is 32.1. The van der Waals surface area contributed by atoms with Gasteiger partial charge in [0, 0.05) is 36.6 Å². The van der Waals surface area contributed by atoms with Crippen molar-refractivity contribution in [3.63, 3.8) is 0 Å². The second-order valence-electron chi connectivity index (χ2n) is 7.41. The Morgan fingerprint density at radius 2 is 2.17 bits per heavy atom. The van der Waals surface area contributed by atoms with Gasteiger partial charge in [0.15, 0.2) is 5.13 Å². The van der Waals surface area contributed by atoms with E-state index in [4.69, 9.17) is 0 Å². The van der Waals surface area contributed by atoms with Crippen molar-refractivity contribution in [1.82, 2.24) is 10.3 Å². The first-order valence-corrected chi connectivity index (χ1v) is 10.6. The van der Waals surface area contributed by atoms with E-state index in [0.29, 0.717) is 6.04 Å². The molecule has 2 aliphatic rings. The lowest BCUT2D eigenvalue weighted by Crippen LogP contribution is -2.42. The van der Waals surface area contributed by atoms with E-state index in [1.807, 2.05) is 11.6 Å². The molecule has 4 nitrogen and oxygen atoms in total. The van der Waals surface area contributed by atoms with Crippen molar-refractivity contribution < 1.29 is 4.79 Å². The van der Waals surface area contributed by atoms with Crippen LogP contribution in [-0.2, 0) is 4.79 Å². The van der Waals surface area contributed by atoms with Crippen molar-refractivity contribution >= 4 is 22.4 Å². The van der Waals surface area contributed by atoms with E-state index < -0.39 is 0 Å². The number of amides is 1. The topological polar surface area (TPSA) is 45.2 Å². The molecule has 1 aliphatic heterocycles. The SMILES string of the molecule is CCCCC1CCC(C(=O)NCC2CCCN2c2nccs2)CC1. The van der Waals surface area contributed by atoms with Gasteiger partial charge >= 0.3 is 0 Å². The molecule has 1 N–H and O–H groups in total. The Balaban J connectivity index is 1.41. The van der Waals surface area contributed by atoms with E-state index in [1.54, 1.807) is 11.3 Å². The van der Waals surface area contributed by atoms with Gasteiger partial charge in [-0.2, -0.15) is 0 Å². The molecule has 0 bridgehead atoms. The summed E-state index contributed by atoms with van der Waals surface area (Å²) in [6, 6.07) is 0.418. The molecular formula is C19H31N3OS. The Labute approximate surface area is 150 Å². The van der Waals surface area contributed by atoms with Crippen molar-refractivity contribution in [3.8, 4) is 0 Å². The number of rotatable bonds is 7. The molecule has 3 rings (SSSR count). The Kier molecular flexibility index (Phi) is 6.52. The fourth-order valence-electron chi connectivity index (χ4n) is 4.23. The lowest BCUT2D eigenvalue weighted by Gasteiger charge is -2.29. The van der Waals surface area contributed by atoms with Crippen LogP contribution in [0.4, 0.5) is 5.13 Å². The molecule has 0 radical (unpaired) electrons. The maximum absolute atomic E-state index is 12.5. The summed E-state index contributed by atoms with van der Waals surface area (Å²) in [5, 5.41) is 6.37. The van der Waals surface area contributed by atoms with Crippen molar-refractivity contribution in [2.24, 2.45) is 11.8 Å². The Morgan fingerprint density at radius 1 is 1.33 bits per heavy atom. The van der Waals surface area contributed by atoms with Crippen LogP contribution in [-0.4, -0.2) is 30.0 Å². The van der Waals surface area contributed by atoms with Gasteiger partial charge in [-0.15, -0.1) is 11.3 Å². The highest BCUT2D eigenvalue weighted by Crippen LogP contribution is 2.32. The van der Waals surface area contributed by atoms with Crippen LogP contribution in [0.3, 0.4) is 0 Å². The zero-order valence-electron chi connectivity index (χ0n) is 14.9. The number of carbonyl (C=O) groups excluding carboxylic acids is 1. The predicted molar refractivity (Wildman–Crippen MR) is 100 cm³/mol. The summed E-state index contributed by atoms with van der Waals surface area (Å²) in [5.41, 5.74) is 0. The van der Waals surface area contributed by atoms with E-state index in [1.165, 1.54) is 38.5 Å². The van der Waals surface area contributed by atoms with Crippen molar-refractivity contribution in [2.75, 3.05) is 18.0 Å². The number of anilines is 1. The standard InChI is InChI=1S/C19H31N3OS/c1-2-3-5-15-7-9-16(10-8-15)18(23)21-14-17-6-4-12-22(17)19-20-11-13-24-19/h11,13,15-17H,2-10,12,14H2,1H3,(H,21,23). The number of thiazole rings is 1. The van der Waals surface area contributed by atoms with Crippen LogP contribution in [0.2, 0.25) is 0 Å². The third-order valence-corrected chi connectivity index (χ3v) is 6.55. The molecular weight excluding hydrogens is 318 g/mol. The summed E-state index contributed by atoms with van der Waals surface area (Å²) in [5.74, 6) is 1.40. The molecule has 1 aromatic rings. The maximum Gasteiger partial charge on any atom is 0.223 e. The molecule has 5 heteroatoms. The van der Waals surface area contributed by atoms with Gasteiger partial charge in [-0.05, 0) is 44.4 Å². The van der Waals surface area contributed by atoms with Crippen LogP contribution in [0.5, 0.6) is 0 Å². The zero-order valence-corrected chi connectivity index (χ0v) is 15.7. The first-order chi connectivity index (χ1) is 11.8. The number of hydrogen-bond donors (Lipinski definition) is 1. The quantitative estimate of drug-likeness (QED) is 0.801. The molecule has 0 spiro atoms. The highest BCUT2D eigenvalue weighted by molar-refractivity contribution is 7.13. The molecule has 2 heterocycles. The first-order valence-electron chi connectivity index (χ1n) is 9.71. The molecule has 1 amide bonds. The number of nitrogens with zero attached hydrogens (tertiary/aromatic N) is 2. The molecule has 1 atom stereocenters. The summed E-state index contributed by atoms with van der Waals surface area (Å²) in [6.07, 6.45) is 12.9. The average molecular weight is 350 g/mol. The van der Waals surface area contributed by atoms with Crippen molar-refractivity contribution in [2.45, 2.75) is 70.8 Å². The third-order valence-electron chi connectivity index (χ3n) is 5.74. The summed E-state index contributed by atoms with van der Waals surface area (Å²) < 4.78 is 0. The molecule has 1 aromatic heterocycles. The number of carbonyl (C=O) groups is 1. The van der Waals surface area contributed by atoms with E-state index in [2.05, 4.69) is 22.1 Å². The summed E-state index contributed by atoms with van der Waals surface area (Å²) in [4.78, 5) is 19.3. The van der Waals surface area contributed by atoms with Crippen LogP contribution in [0.15, 0.2) is 11.6 Å². The van der Waals surface area contributed by atoms with E-state index >= 15 is 0 Å². The average Bonchev–Trinajstić information content (AvgIpc) is 3.29. The first kappa shape index (κ1) is 17.7. The molecule has 1 aliphatic carbocycles. The predicted octanol–water partition coefficient (Wildman–Crippen LogP) is 4.22. The Bertz CT molecular complexity index is 497. The minimum Gasteiger partial charge on any atom is -0.354 e. The summed E-state index contributed by atoms with van der Waals surface area (Å²) >= 11 is 1.69. The fraction of sp³-hybridized carbons (Fsp3) is 0.789. The van der Waals surface area contributed by atoms with Gasteiger partial charge in [0.2, 0.25) is 5.91 Å².